The van der Waals surface area contributed by atoms with E-state index < -0.39 is 0 Å². The molecule has 3 heteroatoms. The second-order valence-electron chi connectivity index (χ2n) is 5.89. The fourth-order valence-corrected chi connectivity index (χ4v) is 3.47. The zero-order valence-corrected chi connectivity index (χ0v) is 11.4. The highest BCUT2D eigenvalue weighted by molar-refractivity contribution is 4.88. The maximum atomic E-state index is 5.99. The van der Waals surface area contributed by atoms with Gasteiger partial charge in [0, 0.05) is 18.6 Å². The van der Waals surface area contributed by atoms with Crippen LogP contribution in [0.2, 0.25) is 0 Å². The third kappa shape index (κ3) is 3.21. The molecule has 2 fully saturated rings. The summed E-state index contributed by atoms with van der Waals surface area (Å²) in [6, 6.07) is 1.26. The molecule has 1 aliphatic heterocycles. The van der Waals surface area contributed by atoms with Crippen LogP contribution in [0.3, 0.4) is 0 Å². The first-order valence-corrected chi connectivity index (χ1v) is 7.29. The highest BCUT2D eigenvalue weighted by Crippen LogP contribution is 2.29. The number of rotatable bonds is 2. The maximum Gasteiger partial charge on any atom is 0.0674 e. The average Bonchev–Trinajstić information content (AvgIpc) is 2.57. The number of hydrogen-bond donors (Lipinski definition) is 1. The van der Waals surface area contributed by atoms with Crippen molar-refractivity contribution in [3.8, 4) is 0 Å². The Morgan fingerprint density at radius 2 is 1.94 bits per heavy atom. The molecular weight excluding hydrogens is 212 g/mol. The van der Waals surface area contributed by atoms with Gasteiger partial charge in [-0.1, -0.05) is 19.3 Å². The summed E-state index contributed by atoms with van der Waals surface area (Å²) in [5.74, 6) is 0.699. The quantitative estimate of drug-likeness (QED) is 0.750. The van der Waals surface area contributed by atoms with Gasteiger partial charge in [-0.05, 0) is 39.2 Å². The van der Waals surface area contributed by atoms with E-state index >= 15 is 0 Å². The molecule has 17 heavy (non-hydrogen) atoms. The summed E-state index contributed by atoms with van der Waals surface area (Å²) in [6.07, 6.45) is 7.17. The fraction of sp³-hybridized carbons (Fsp3) is 1.00. The van der Waals surface area contributed by atoms with E-state index in [0.29, 0.717) is 24.1 Å². The zero-order chi connectivity index (χ0) is 12.3. The van der Waals surface area contributed by atoms with Gasteiger partial charge in [0.25, 0.3) is 0 Å². The molecule has 3 nitrogen and oxygen atoms in total. The summed E-state index contributed by atoms with van der Waals surface area (Å²) in [5.41, 5.74) is 5.99. The molecule has 100 valence electrons. The van der Waals surface area contributed by atoms with E-state index in [2.05, 4.69) is 18.7 Å². The van der Waals surface area contributed by atoms with E-state index in [1.165, 1.54) is 32.1 Å². The van der Waals surface area contributed by atoms with E-state index in [0.717, 1.165) is 19.7 Å². The van der Waals surface area contributed by atoms with Crippen molar-refractivity contribution >= 4 is 0 Å². The Morgan fingerprint density at radius 3 is 2.71 bits per heavy atom. The Bertz CT molecular complexity index is 234. The molecule has 0 radical (unpaired) electrons. The van der Waals surface area contributed by atoms with Crippen molar-refractivity contribution in [3.63, 3.8) is 0 Å². The van der Waals surface area contributed by atoms with Gasteiger partial charge in [-0.15, -0.1) is 0 Å². The molecule has 4 atom stereocenters. The molecular formula is C14H28N2O. The van der Waals surface area contributed by atoms with Crippen molar-refractivity contribution in [2.24, 2.45) is 11.7 Å². The van der Waals surface area contributed by atoms with Crippen LogP contribution in [0.1, 0.15) is 46.0 Å². The minimum Gasteiger partial charge on any atom is -0.376 e. The lowest BCUT2D eigenvalue weighted by Gasteiger charge is -2.44. The van der Waals surface area contributed by atoms with Gasteiger partial charge in [0.1, 0.15) is 0 Å². The largest absolute Gasteiger partial charge is 0.376 e. The van der Waals surface area contributed by atoms with E-state index in [1.54, 1.807) is 0 Å². The number of nitrogens with zero attached hydrogens (tertiary/aromatic N) is 1. The zero-order valence-electron chi connectivity index (χ0n) is 11.4. The molecule has 2 rings (SSSR count). The Labute approximate surface area is 106 Å². The van der Waals surface area contributed by atoms with E-state index in [1.807, 2.05) is 0 Å². The first-order valence-electron chi connectivity index (χ1n) is 7.29. The van der Waals surface area contributed by atoms with Gasteiger partial charge in [0.15, 0.2) is 0 Å². The van der Waals surface area contributed by atoms with Crippen molar-refractivity contribution in [2.45, 2.75) is 64.1 Å². The molecule has 0 spiro atoms. The Balaban J connectivity index is 2.05. The number of morpholine rings is 1. The SMILES string of the molecule is CC1CN(C2CCCCCC2CN)C(C)CO1. The highest BCUT2D eigenvalue weighted by atomic mass is 16.5. The van der Waals surface area contributed by atoms with Gasteiger partial charge in [0.2, 0.25) is 0 Å². The normalized spacial score (nSPS) is 41.1. The molecule has 4 unspecified atom stereocenters. The van der Waals surface area contributed by atoms with Crippen LogP contribution in [-0.2, 0) is 4.74 Å². The van der Waals surface area contributed by atoms with Crippen LogP contribution < -0.4 is 5.73 Å². The van der Waals surface area contributed by atoms with Crippen molar-refractivity contribution < 1.29 is 4.74 Å². The topological polar surface area (TPSA) is 38.5 Å². The van der Waals surface area contributed by atoms with Gasteiger partial charge < -0.3 is 10.5 Å². The molecule has 0 aromatic rings. The Morgan fingerprint density at radius 1 is 1.18 bits per heavy atom. The molecule has 0 aromatic heterocycles. The van der Waals surface area contributed by atoms with E-state index in [-0.39, 0.29) is 0 Å². The second kappa shape index (κ2) is 6.17. The smallest absolute Gasteiger partial charge is 0.0674 e. The van der Waals surface area contributed by atoms with E-state index in [4.69, 9.17) is 10.5 Å². The van der Waals surface area contributed by atoms with Crippen LogP contribution in [0.4, 0.5) is 0 Å². The maximum absolute atomic E-state index is 5.99. The molecule has 0 bridgehead atoms. The van der Waals surface area contributed by atoms with Crippen molar-refractivity contribution in [1.29, 1.82) is 0 Å². The average molecular weight is 240 g/mol. The molecule has 1 aliphatic carbocycles. The van der Waals surface area contributed by atoms with Gasteiger partial charge in [-0.25, -0.2) is 0 Å². The third-order valence-corrected chi connectivity index (χ3v) is 4.50. The Kier molecular flexibility index (Phi) is 4.83. The van der Waals surface area contributed by atoms with Crippen LogP contribution in [0.5, 0.6) is 0 Å². The number of hydrogen-bond acceptors (Lipinski definition) is 3. The number of nitrogens with two attached hydrogens (primary N) is 1. The second-order valence-corrected chi connectivity index (χ2v) is 5.89. The lowest BCUT2D eigenvalue weighted by Crippen LogP contribution is -2.55. The van der Waals surface area contributed by atoms with Crippen molar-refractivity contribution in [2.75, 3.05) is 19.7 Å². The minimum atomic E-state index is 0.382. The summed E-state index contributed by atoms with van der Waals surface area (Å²) < 4.78 is 5.74. The Hall–Kier alpha value is -0.120. The van der Waals surface area contributed by atoms with Crippen LogP contribution in [0.25, 0.3) is 0 Å². The number of ether oxygens (including phenoxy) is 1. The summed E-state index contributed by atoms with van der Waals surface area (Å²) in [5, 5.41) is 0. The summed E-state index contributed by atoms with van der Waals surface area (Å²) >= 11 is 0. The molecule has 1 saturated heterocycles. The van der Waals surface area contributed by atoms with Crippen LogP contribution >= 0.6 is 0 Å². The first-order chi connectivity index (χ1) is 8.22. The monoisotopic (exact) mass is 240 g/mol. The molecule has 0 amide bonds. The summed E-state index contributed by atoms with van der Waals surface area (Å²) in [7, 11) is 0. The van der Waals surface area contributed by atoms with Crippen molar-refractivity contribution in [1.82, 2.24) is 4.90 Å². The lowest BCUT2D eigenvalue weighted by atomic mass is 9.91. The third-order valence-electron chi connectivity index (χ3n) is 4.50. The standard InChI is InChI=1S/C14H28N2O/c1-11-10-17-12(2)9-16(11)14-7-5-3-4-6-13(14)8-15/h11-14H,3-10,15H2,1-2H3. The lowest BCUT2D eigenvalue weighted by molar-refractivity contribution is -0.0756. The van der Waals surface area contributed by atoms with Crippen LogP contribution in [0, 0.1) is 5.92 Å². The van der Waals surface area contributed by atoms with Gasteiger partial charge in [0.05, 0.1) is 12.7 Å². The molecule has 2 N–H and O–H groups in total. The van der Waals surface area contributed by atoms with Crippen LogP contribution in [0.15, 0.2) is 0 Å². The minimum absolute atomic E-state index is 0.382. The molecule has 2 aliphatic rings. The molecule has 0 aromatic carbocycles. The summed E-state index contributed by atoms with van der Waals surface area (Å²) in [4.78, 5) is 2.68. The van der Waals surface area contributed by atoms with Gasteiger partial charge in [-0.2, -0.15) is 0 Å². The van der Waals surface area contributed by atoms with Gasteiger partial charge in [-0.3, -0.25) is 4.90 Å². The van der Waals surface area contributed by atoms with Crippen LogP contribution in [-0.4, -0.2) is 42.8 Å². The highest BCUT2D eigenvalue weighted by Gasteiger charge is 2.34. The first kappa shape index (κ1) is 13.3. The van der Waals surface area contributed by atoms with Gasteiger partial charge >= 0.3 is 0 Å². The van der Waals surface area contributed by atoms with E-state index in [9.17, 15) is 0 Å². The molecule has 1 heterocycles. The predicted molar refractivity (Wildman–Crippen MR) is 71.0 cm³/mol. The summed E-state index contributed by atoms with van der Waals surface area (Å²) in [6.45, 7) is 7.30. The molecule has 1 saturated carbocycles. The fourth-order valence-electron chi connectivity index (χ4n) is 3.47. The predicted octanol–water partition coefficient (Wildman–Crippen LogP) is 2.00. The van der Waals surface area contributed by atoms with Crippen molar-refractivity contribution in [3.05, 3.63) is 0 Å².